The number of amides is 4. The number of urea groups is 1. The number of nitrogens with one attached hydrogen (secondary N) is 3. The number of likely N-dealkylation sites (tertiary alicyclic amines) is 2. The molecule has 1 saturated carbocycles. The fourth-order valence-electron chi connectivity index (χ4n) is 6.83. The van der Waals surface area contributed by atoms with E-state index in [2.05, 4.69) is 16.0 Å². The minimum Gasteiger partial charge on any atom is -0.459 e. The van der Waals surface area contributed by atoms with Crippen LogP contribution in [0.4, 0.5) is 18.0 Å². The van der Waals surface area contributed by atoms with Crippen molar-refractivity contribution in [1.82, 2.24) is 25.8 Å². The van der Waals surface area contributed by atoms with Crippen molar-refractivity contribution >= 4 is 23.8 Å². The van der Waals surface area contributed by atoms with E-state index in [0.29, 0.717) is 32.4 Å². The Labute approximate surface area is 270 Å². The zero-order chi connectivity index (χ0) is 34.2. The van der Waals surface area contributed by atoms with Gasteiger partial charge in [-0.1, -0.05) is 46.0 Å². The number of carbonyl (C=O) groups excluding carboxylic acids is 4. The summed E-state index contributed by atoms with van der Waals surface area (Å²) < 4.78 is 46.6. The van der Waals surface area contributed by atoms with Crippen LogP contribution in [0.15, 0.2) is 0 Å². The highest BCUT2D eigenvalue weighted by molar-refractivity contribution is 6.01. The Morgan fingerprint density at radius 2 is 1.54 bits per heavy atom. The number of rotatable bonds is 11. The summed E-state index contributed by atoms with van der Waals surface area (Å²) in [7, 11) is 0. The summed E-state index contributed by atoms with van der Waals surface area (Å²) in [5.74, 6) is -2.15. The van der Waals surface area contributed by atoms with Gasteiger partial charge in [0, 0.05) is 25.2 Å². The lowest BCUT2D eigenvalue weighted by atomic mass is 9.83. The van der Waals surface area contributed by atoms with Gasteiger partial charge in [0.1, 0.15) is 11.6 Å². The third kappa shape index (κ3) is 11.4. The van der Waals surface area contributed by atoms with Crippen molar-refractivity contribution in [2.45, 2.75) is 141 Å². The van der Waals surface area contributed by atoms with E-state index in [4.69, 9.17) is 4.74 Å². The van der Waals surface area contributed by atoms with Crippen molar-refractivity contribution < 1.29 is 42.2 Å². The minimum atomic E-state index is -4.84. The maximum atomic E-state index is 13.8. The van der Waals surface area contributed by atoms with Gasteiger partial charge in [-0.2, -0.15) is 13.2 Å². The molecular formula is C32H54F3N5O6. The number of piperidine rings is 1. The first-order valence-corrected chi connectivity index (χ1v) is 16.8. The van der Waals surface area contributed by atoms with Crippen LogP contribution in [0, 0.1) is 11.8 Å². The molecule has 11 nitrogen and oxygen atoms in total. The molecular weight excluding hydrogens is 607 g/mol. The van der Waals surface area contributed by atoms with Crippen molar-refractivity contribution in [2.24, 2.45) is 11.8 Å². The number of carbonyl (C=O) groups is 4. The zero-order valence-corrected chi connectivity index (χ0v) is 28.0. The first-order chi connectivity index (χ1) is 21.5. The number of hydrogen-bond acceptors (Lipinski definition) is 8. The second-order valence-corrected chi connectivity index (χ2v) is 14.4. The normalized spacial score (nSPS) is 22.7. The molecule has 4 N–H and O–H groups in total. The number of esters is 1. The second kappa shape index (κ2) is 16.6. The number of halogens is 3. The highest BCUT2D eigenvalue weighted by Crippen LogP contribution is 2.36. The number of aliphatic hydroxyl groups excluding tert-OH is 1. The summed E-state index contributed by atoms with van der Waals surface area (Å²) in [5, 5.41) is 18.6. The summed E-state index contributed by atoms with van der Waals surface area (Å²) in [4.78, 5) is 54.8. The number of nitrogens with zero attached hydrogens (tertiary/aromatic N) is 2. The topological polar surface area (TPSA) is 140 Å². The summed E-state index contributed by atoms with van der Waals surface area (Å²) >= 11 is 0. The molecule has 0 aromatic carbocycles. The Morgan fingerprint density at radius 3 is 2.11 bits per heavy atom. The number of ether oxygens (including phenoxy) is 1. The van der Waals surface area contributed by atoms with Crippen LogP contribution in [0.1, 0.15) is 98.8 Å². The number of aliphatic hydroxyl groups is 1. The molecule has 14 heteroatoms. The molecule has 3 fully saturated rings. The largest absolute Gasteiger partial charge is 0.459 e. The average molecular weight is 662 g/mol. The molecule has 0 bridgehead atoms. The van der Waals surface area contributed by atoms with Crippen molar-refractivity contribution in [1.29, 1.82) is 0 Å². The van der Waals surface area contributed by atoms with Gasteiger partial charge in [-0.05, 0) is 71.3 Å². The summed E-state index contributed by atoms with van der Waals surface area (Å²) in [6, 6.07) is -3.77. The molecule has 46 heavy (non-hydrogen) atoms. The van der Waals surface area contributed by atoms with Crippen LogP contribution in [-0.2, 0) is 19.1 Å². The molecule has 2 aliphatic heterocycles. The molecule has 4 amide bonds. The van der Waals surface area contributed by atoms with Crippen molar-refractivity contribution in [3.63, 3.8) is 0 Å². The molecule has 0 aromatic heterocycles. The summed E-state index contributed by atoms with van der Waals surface area (Å²) in [6.45, 7) is 9.90. The van der Waals surface area contributed by atoms with Gasteiger partial charge in [-0.15, -0.1) is 0 Å². The van der Waals surface area contributed by atoms with Gasteiger partial charge in [-0.25, -0.2) is 4.79 Å². The first-order valence-electron chi connectivity index (χ1n) is 16.8. The van der Waals surface area contributed by atoms with Crippen molar-refractivity contribution in [2.75, 3.05) is 26.2 Å². The third-order valence-corrected chi connectivity index (χ3v) is 9.23. The van der Waals surface area contributed by atoms with E-state index in [9.17, 15) is 37.5 Å². The Balaban J connectivity index is 1.56. The Bertz CT molecular complexity index is 1040. The molecule has 3 rings (SSSR count). The standard InChI is InChI=1S/C32H54F3N5O6/c1-20(2)26(37-30(45)39-16-13-22(14-17-39)36-19-25(41)46-31(3,4)5)29(44)38-28(43)23-12-9-15-40(23)24(27(42)32(33,34)35)18-21-10-7-6-8-11-21/h20-24,26-27,36,42H,6-19H2,1-5H3,(H,37,45)(H,38,43,44)/t23-,24-,26-,27+/m0/s1. The highest BCUT2D eigenvalue weighted by Gasteiger charge is 2.49. The average Bonchev–Trinajstić information content (AvgIpc) is 3.46. The third-order valence-electron chi connectivity index (χ3n) is 9.23. The van der Waals surface area contributed by atoms with Crippen LogP contribution >= 0.6 is 0 Å². The maximum Gasteiger partial charge on any atom is 0.415 e. The molecule has 3 aliphatic rings. The Hall–Kier alpha value is -2.45. The Kier molecular flexibility index (Phi) is 13.7. The molecule has 0 radical (unpaired) electrons. The van der Waals surface area contributed by atoms with Crippen LogP contribution in [0.25, 0.3) is 0 Å². The predicted molar refractivity (Wildman–Crippen MR) is 166 cm³/mol. The van der Waals surface area contributed by atoms with Gasteiger partial charge in [0.05, 0.1) is 12.6 Å². The molecule has 0 unspecified atom stereocenters. The Morgan fingerprint density at radius 1 is 0.913 bits per heavy atom. The van der Waals surface area contributed by atoms with Crippen molar-refractivity contribution in [3.05, 3.63) is 0 Å². The van der Waals surface area contributed by atoms with Gasteiger partial charge >= 0.3 is 18.2 Å². The minimum absolute atomic E-state index is 0.0190. The molecule has 1 aliphatic carbocycles. The van der Waals surface area contributed by atoms with Crippen LogP contribution < -0.4 is 16.0 Å². The molecule has 0 spiro atoms. The van der Waals surface area contributed by atoms with E-state index in [1.54, 1.807) is 39.5 Å². The fourth-order valence-corrected chi connectivity index (χ4v) is 6.83. The van der Waals surface area contributed by atoms with Crippen LogP contribution in [0.3, 0.4) is 0 Å². The van der Waals surface area contributed by atoms with E-state index < -0.39 is 53.9 Å². The fraction of sp³-hybridized carbons (Fsp3) is 0.875. The maximum absolute atomic E-state index is 13.8. The number of imide groups is 1. The smallest absolute Gasteiger partial charge is 0.415 e. The van der Waals surface area contributed by atoms with Crippen LogP contribution in [0.2, 0.25) is 0 Å². The van der Waals surface area contributed by atoms with E-state index in [-0.39, 0.29) is 49.8 Å². The molecule has 4 atom stereocenters. The van der Waals surface area contributed by atoms with Gasteiger partial charge in [-0.3, -0.25) is 24.6 Å². The van der Waals surface area contributed by atoms with Crippen molar-refractivity contribution in [3.8, 4) is 0 Å². The van der Waals surface area contributed by atoms with E-state index >= 15 is 0 Å². The molecule has 264 valence electrons. The summed E-state index contributed by atoms with van der Waals surface area (Å²) in [6.07, 6.45) is -0.896. The SMILES string of the molecule is CC(C)[C@H](NC(=O)N1CCC(NCC(=O)OC(C)(C)C)CC1)C(=O)NC(=O)[C@@H]1CCCN1[C@@H](CC1CCCCC1)[C@@H](O)C(F)(F)F. The van der Waals surface area contributed by atoms with Gasteiger partial charge in [0.2, 0.25) is 11.8 Å². The van der Waals surface area contributed by atoms with Crippen LogP contribution in [-0.4, -0.2) is 107 Å². The van der Waals surface area contributed by atoms with Gasteiger partial charge in [0.15, 0.2) is 6.10 Å². The van der Waals surface area contributed by atoms with E-state index in [1.807, 2.05) is 0 Å². The highest BCUT2D eigenvalue weighted by atomic mass is 19.4. The summed E-state index contributed by atoms with van der Waals surface area (Å²) in [5.41, 5.74) is -0.576. The number of hydrogen-bond donors (Lipinski definition) is 4. The van der Waals surface area contributed by atoms with E-state index in [0.717, 1.165) is 32.1 Å². The lowest BCUT2D eigenvalue weighted by Crippen LogP contribution is -2.59. The molecule has 2 heterocycles. The predicted octanol–water partition coefficient (Wildman–Crippen LogP) is 3.49. The van der Waals surface area contributed by atoms with Gasteiger partial charge < -0.3 is 25.4 Å². The number of alkyl halides is 3. The van der Waals surface area contributed by atoms with Crippen LogP contribution in [0.5, 0.6) is 0 Å². The monoisotopic (exact) mass is 661 g/mol. The first kappa shape index (κ1) is 38.0. The molecule has 0 aromatic rings. The quantitative estimate of drug-likeness (QED) is 0.247. The molecule has 2 saturated heterocycles. The second-order valence-electron chi connectivity index (χ2n) is 14.4. The zero-order valence-electron chi connectivity index (χ0n) is 28.0. The van der Waals surface area contributed by atoms with E-state index in [1.165, 1.54) is 4.90 Å². The van der Waals surface area contributed by atoms with Gasteiger partial charge in [0.25, 0.3) is 0 Å². The lowest BCUT2D eigenvalue weighted by Gasteiger charge is -2.38. The lowest BCUT2D eigenvalue weighted by molar-refractivity contribution is -0.224.